The summed E-state index contributed by atoms with van der Waals surface area (Å²) in [5.74, 6) is 0.296. The lowest BCUT2D eigenvalue weighted by atomic mass is 10.1. The van der Waals surface area contributed by atoms with Gasteiger partial charge < -0.3 is 10.9 Å². The quantitative estimate of drug-likeness (QED) is 0.204. The minimum atomic E-state index is 0.296. The molecule has 0 heterocycles. The van der Waals surface area contributed by atoms with Crippen LogP contribution in [0.25, 0.3) is 0 Å². The fourth-order valence-electron chi connectivity index (χ4n) is 1.85. The maximum Gasteiger partial charge on any atom is 0.153 e. The summed E-state index contributed by atoms with van der Waals surface area (Å²) in [6.45, 7) is 8.10. The van der Waals surface area contributed by atoms with Gasteiger partial charge in [-0.15, -0.1) is 0 Å². The SMILES string of the molecule is CCCCCCCCN(CC(N)=NO)C(C)C. The van der Waals surface area contributed by atoms with Crippen molar-refractivity contribution >= 4 is 5.84 Å². The molecule has 0 radical (unpaired) electrons. The topological polar surface area (TPSA) is 61.8 Å². The molecule has 0 unspecified atom stereocenters. The van der Waals surface area contributed by atoms with Gasteiger partial charge in [0.15, 0.2) is 5.84 Å². The Morgan fingerprint density at radius 1 is 1.18 bits per heavy atom. The van der Waals surface area contributed by atoms with E-state index in [0.29, 0.717) is 18.4 Å². The van der Waals surface area contributed by atoms with Crippen molar-refractivity contribution in [3.05, 3.63) is 0 Å². The number of unbranched alkanes of at least 4 members (excludes halogenated alkanes) is 5. The van der Waals surface area contributed by atoms with Gasteiger partial charge in [0.05, 0.1) is 6.54 Å². The molecule has 0 aliphatic heterocycles. The van der Waals surface area contributed by atoms with Crippen molar-refractivity contribution in [2.75, 3.05) is 13.1 Å². The molecule has 0 fully saturated rings. The largest absolute Gasteiger partial charge is 0.409 e. The van der Waals surface area contributed by atoms with Gasteiger partial charge in [-0.25, -0.2) is 0 Å². The molecule has 0 saturated carbocycles. The molecule has 0 aromatic heterocycles. The summed E-state index contributed by atoms with van der Waals surface area (Å²) >= 11 is 0. The summed E-state index contributed by atoms with van der Waals surface area (Å²) in [5.41, 5.74) is 5.54. The highest BCUT2D eigenvalue weighted by Crippen LogP contribution is 2.07. The van der Waals surface area contributed by atoms with Crippen LogP contribution in [0.4, 0.5) is 0 Å². The zero-order valence-corrected chi connectivity index (χ0v) is 11.7. The number of rotatable bonds is 10. The predicted octanol–water partition coefficient (Wildman–Crippen LogP) is 2.80. The molecule has 0 saturated heterocycles. The summed E-state index contributed by atoms with van der Waals surface area (Å²) in [7, 11) is 0. The van der Waals surface area contributed by atoms with Crippen molar-refractivity contribution in [1.29, 1.82) is 0 Å². The number of oxime groups is 1. The Balaban J connectivity index is 3.71. The van der Waals surface area contributed by atoms with Gasteiger partial charge in [-0.3, -0.25) is 4.90 Å². The van der Waals surface area contributed by atoms with E-state index in [-0.39, 0.29) is 0 Å². The van der Waals surface area contributed by atoms with Gasteiger partial charge in [-0.1, -0.05) is 44.2 Å². The minimum Gasteiger partial charge on any atom is -0.409 e. The Kier molecular flexibility index (Phi) is 9.92. The summed E-state index contributed by atoms with van der Waals surface area (Å²) in [6.07, 6.45) is 7.78. The van der Waals surface area contributed by atoms with E-state index in [1.807, 2.05) is 0 Å². The molecule has 0 amide bonds. The third-order valence-electron chi connectivity index (χ3n) is 3.02. The van der Waals surface area contributed by atoms with Crippen LogP contribution in [0.15, 0.2) is 5.16 Å². The Morgan fingerprint density at radius 2 is 1.76 bits per heavy atom. The normalized spacial score (nSPS) is 12.6. The summed E-state index contributed by atoms with van der Waals surface area (Å²) < 4.78 is 0. The molecule has 17 heavy (non-hydrogen) atoms. The van der Waals surface area contributed by atoms with Gasteiger partial charge in [0.25, 0.3) is 0 Å². The van der Waals surface area contributed by atoms with Crippen molar-refractivity contribution in [1.82, 2.24) is 4.90 Å². The Bertz CT molecular complexity index is 205. The fraction of sp³-hybridized carbons (Fsp3) is 0.923. The molecule has 0 rings (SSSR count). The average Bonchev–Trinajstić information content (AvgIpc) is 2.31. The second-order valence-electron chi connectivity index (χ2n) is 4.92. The third kappa shape index (κ3) is 8.98. The maximum atomic E-state index is 8.57. The van der Waals surface area contributed by atoms with Crippen molar-refractivity contribution in [2.45, 2.75) is 65.3 Å². The first-order valence-electron chi connectivity index (χ1n) is 6.82. The second-order valence-corrected chi connectivity index (χ2v) is 4.92. The Hall–Kier alpha value is -0.770. The van der Waals surface area contributed by atoms with Crippen LogP contribution in [-0.4, -0.2) is 35.1 Å². The van der Waals surface area contributed by atoms with E-state index in [1.165, 1.54) is 38.5 Å². The fourth-order valence-corrected chi connectivity index (χ4v) is 1.85. The van der Waals surface area contributed by atoms with Gasteiger partial charge in [0.2, 0.25) is 0 Å². The van der Waals surface area contributed by atoms with Crippen LogP contribution in [0.1, 0.15) is 59.3 Å². The first-order valence-corrected chi connectivity index (χ1v) is 6.82. The van der Waals surface area contributed by atoms with Gasteiger partial charge in [-0.05, 0) is 26.8 Å². The molecule has 0 bridgehead atoms. The number of nitrogens with two attached hydrogens (primary N) is 1. The maximum absolute atomic E-state index is 8.57. The highest BCUT2D eigenvalue weighted by molar-refractivity contribution is 5.81. The van der Waals surface area contributed by atoms with Gasteiger partial charge in [0, 0.05) is 6.04 Å². The van der Waals surface area contributed by atoms with E-state index in [9.17, 15) is 0 Å². The number of nitrogens with zero attached hydrogens (tertiary/aromatic N) is 2. The van der Waals surface area contributed by atoms with E-state index in [2.05, 4.69) is 30.8 Å². The van der Waals surface area contributed by atoms with E-state index in [4.69, 9.17) is 10.9 Å². The van der Waals surface area contributed by atoms with Crippen LogP contribution in [0.2, 0.25) is 0 Å². The molecule has 0 aliphatic carbocycles. The smallest absolute Gasteiger partial charge is 0.153 e. The molecule has 3 N–H and O–H groups in total. The molecular weight excluding hydrogens is 214 g/mol. The van der Waals surface area contributed by atoms with Gasteiger partial charge in [0.1, 0.15) is 0 Å². The highest BCUT2D eigenvalue weighted by atomic mass is 16.4. The molecule has 0 aliphatic rings. The van der Waals surface area contributed by atoms with Crippen LogP contribution < -0.4 is 5.73 Å². The summed E-state index contributed by atoms with van der Waals surface area (Å²) in [6, 6.07) is 0.436. The van der Waals surface area contributed by atoms with Crippen molar-refractivity contribution in [3.8, 4) is 0 Å². The molecule has 4 heteroatoms. The third-order valence-corrected chi connectivity index (χ3v) is 3.02. The van der Waals surface area contributed by atoms with Crippen LogP contribution in [0, 0.1) is 0 Å². The molecule has 0 aromatic rings. The van der Waals surface area contributed by atoms with Gasteiger partial charge >= 0.3 is 0 Å². The van der Waals surface area contributed by atoms with Crippen molar-refractivity contribution in [3.63, 3.8) is 0 Å². The number of hydrogen-bond acceptors (Lipinski definition) is 3. The first kappa shape index (κ1) is 16.2. The van der Waals surface area contributed by atoms with Crippen LogP contribution in [0.3, 0.4) is 0 Å². The lowest BCUT2D eigenvalue weighted by Crippen LogP contribution is -2.39. The Labute approximate surface area is 106 Å². The van der Waals surface area contributed by atoms with E-state index >= 15 is 0 Å². The van der Waals surface area contributed by atoms with Crippen LogP contribution >= 0.6 is 0 Å². The minimum absolute atomic E-state index is 0.296. The lowest BCUT2D eigenvalue weighted by Gasteiger charge is -2.25. The lowest BCUT2D eigenvalue weighted by molar-refractivity contribution is 0.241. The molecule has 0 spiro atoms. The average molecular weight is 243 g/mol. The van der Waals surface area contributed by atoms with E-state index in [0.717, 1.165) is 6.54 Å². The zero-order chi connectivity index (χ0) is 13.1. The summed E-state index contributed by atoms with van der Waals surface area (Å²) in [4.78, 5) is 2.24. The first-order chi connectivity index (χ1) is 8.11. The molecular formula is C13H29N3O. The van der Waals surface area contributed by atoms with E-state index in [1.54, 1.807) is 0 Å². The number of amidine groups is 1. The zero-order valence-electron chi connectivity index (χ0n) is 11.7. The number of hydrogen-bond donors (Lipinski definition) is 2. The van der Waals surface area contributed by atoms with E-state index < -0.39 is 0 Å². The highest BCUT2D eigenvalue weighted by Gasteiger charge is 2.10. The standard InChI is InChI=1S/C13H29N3O/c1-4-5-6-7-8-9-10-16(12(2)3)11-13(14)15-17/h12,17H,4-11H2,1-3H3,(H2,14,15). The molecule has 4 nitrogen and oxygen atoms in total. The Morgan fingerprint density at radius 3 is 2.29 bits per heavy atom. The monoisotopic (exact) mass is 243 g/mol. The molecule has 0 atom stereocenters. The van der Waals surface area contributed by atoms with Crippen LogP contribution in [-0.2, 0) is 0 Å². The molecule has 0 aromatic carbocycles. The summed E-state index contributed by atoms with van der Waals surface area (Å²) in [5, 5.41) is 11.6. The van der Waals surface area contributed by atoms with Gasteiger partial charge in [-0.2, -0.15) is 0 Å². The molecule has 102 valence electrons. The van der Waals surface area contributed by atoms with Crippen molar-refractivity contribution < 1.29 is 5.21 Å². The second kappa shape index (κ2) is 10.4. The predicted molar refractivity (Wildman–Crippen MR) is 73.5 cm³/mol. The van der Waals surface area contributed by atoms with Crippen LogP contribution in [0.5, 0.6) is 0 Å². The van der Waals surface area contributed by atoms with Crippen molar-refractivity contribution in [2.24, 2.45) is 10.9 Å².